The van der Waals surface area contributed by atoms with Gasteiger partial charge in [-0.05, 0) is 43.5 Å². The Morgan fingerprint density at radius 2 is 2.00 bits per heavy atom. The molecule has 3 heteroatoms. The number of likely N-dealkylation sites (N-methyl/N-ethyl adjacent to an activating group) is 1. The number of nitrogens with zero attached hydrogens (tertiary/aromatic N) is 2. The second-order valence-electron chi connectivity index (χ2n) is 5.67. The highest BCUT2D eigenvalue weighted by molar-refractivity contribution is 5.31. The minimum absolute atomic E-state index is 0.492. The van der Waals surface area contributed by atoms with E-state index in [4.69, 9.17) is 0 Å². The number of aromatic nitrogens is 2. The quantitative estimate of drug-likeness (QED) is 0.846. The molecule has 0 aliphatic heterocycles. The van der Waals surface area contributed by atoms with Crippen LogP contribution in [0.3, 0.4) is 0 Å². The summed E-state index contributed by atoms with van der Waals surface area (Å²) >= 11 is 0. The number of hydrogen-bond donors (Lipinski definition) is 1. The summed E-state index contributed by atoms with van der Waals surface area (Å²) in [7, 11) is 2.05. The Morgan fingerprint density at radius 1 is 1.24 bits per heavy atom. The van der Waals surface area contributed by atoms with Gasteiger partial charge in [-0.1, -0.05) is 38.1 Å². The summed E-state index contributed by atoms with van der Waals surface area (Å²) in [6.45, 7) is 8.54. The van der Waals surface area contributed by atoms with Gasteiger partial charge in [0, 0.05) is 25.2 Å². The molecule has 1 atom stereocenters. The van der Waals surface area contributed by atoms with E-state index in [0.717, 1.165) is 25.9 Å². The lowest BCUT2D eigenvalue weighted by atomic mass is 9.90. The third-order valence-electron chi connectivity index (χ3n) is 4.11. The summed E-state index contributed by atoms with van der Waals surface area (Å²) in [5, 5.41) is 8.08. The summed E-state index contributed by atoms with van der Waals surface area (Å²) in [6, 6.07) is 11.0. The van der Waals surface area contributed by atoms with E-state index in [1.807, 2.05) is 4.68 Å². The number of aryl methyl sites for hydroxylation is 3. The van der Waals surface area contributed by atoms with Crippen molar-refractivity contribution in [1.82, 2.24) is 15.1 Å². The van der Waals surface area contributed by atoms with Gasteiger partial charge in [0.25, 0.3) is 0 Å². The van der Waals surface area contributed by atoms with Crippen molar-refractivity contribution in [2.75, 3.05) is 13.1 Å². The lowest BCUT2D eigenvalue weighted by Gasteiger charge is -2.20. The molecule has 0 bridgehead atoms. The Balaban J connectivity index is 2.24. The highest BCUT2D eigenvalue weighted by atomic mass is 15.3. The Morgan fingerprint density at radius 3 is 2.62 bits per heavy atom. The van der Waals surface area contributed by atoms with Crippen LogP contribution in [0.5, 0.6) is 0 Å². The van der Waals surface area contributed by atoms with Crippen molar-refractivity contribution in [2.24, 2.45) is 7.05 Å². The molecule has 0 aliphatic rings. The van der Waals surface area contributed by atoms with Gasteiger partial charge in [-0.2, -0.15) is 5.10 Å². The maximum atomic E-state index is 4.57. The SMILES string of the molecule is CCNCC(Cc1cc(CC)nn1C)c1ccccc1C. The van der Waals surface area contributed by atoms with E-state index in [9.17, 15) is 0 Å². The predicted octanol–water partition coefficient (Wildman–Crippen LogP) is 3.23. The first-order chi connectivity index (χ1) is 10.2. The second kappa shape index (κ2) is 7.41. The summed E-state index contributed by atoms with van der Waals surface area (Å²) in [4.78, 5) is 0. The lowest BCUT2D eigenvalue weighted by molar-refractivity contribution is 0.568. The molecule has 0 radical (unpaired) electrons. The van der Waals surface area contributed by atoms with Gasteiger partial charge >= 0.3 is 0 Å². The average Bonchev–Trinajstić information content (AvgIpc) is 2.84. The van der Waals surface area contributed by atoms with Crippen molar-refractivity contribution in [3.8, 4) is 0 Å². The number of hydrogen-bond acceptors (Lipinski definition) is 2. The minimum atomic E-state index is 0.492. The highest BCUT2D eigenvalue weighted by Gasteiger charge is 2.16. The third-order valence-corrected chi connectivity index (χ3v) is 4.11. The maximum Gasteiger partial charge on any atom is 0.0624 e. The first-order valence-corrected chi connectivity index (χ1v) is 7.93. The molecular weight excluding hydrogens is 258 g/mol. The van der Waals surface area contributed by atoms with Crippen LogP contribution in [0.4, 0.5) is 0 Å². The zero-order valence-electron chi connectivity index (χ0n) is 13.7. The number of benzene rings is 1. The molecule has 0 aliphatic carbocycles. The molecule has 2 aromatic rings. The van der Waals surface area contributed by atoms with E-state index < -0.39 is 0 Å². The van der Waals surface area contributed by atoms with Crippen molar-refractivity contribution in [3.63, 3.8) is 0 Å². The summed E-state index contributed by atoms with van der Waals surface area (Å²) < 4.78 is 2.04. The molecule has 0 fully saturated rings. The Bertz CT molecular complexity index is 572. The van der Waals surface area contributed by atoms with Crippen LogP contribution in [0, 0.1) is 6.92 Å². The van der Waals surface area contributed by atoms with Crippen molar-refractivity contribution in [1.29, 1.82) is 0 Å². The van der Waals surface area contributed by atoms with Crippen molar-refractivity contribution in [2.45, 2.75) is 39.5 Å². The Labute approximate surface area is 128 Å². The maximum absolute atomic E-state index is 4.57. The van der Waals surface area contributed by atoms with E-state index in [1.165, 1.54) is 22.5 Å². The van der Waals surface area contributed by atoms with E-state index in [2.05, 4.69) is 68.6 Å². The molecule has 21 heavy (non-hydrogen) atoms. The van der Waals surface area contributed by atoms with Gasteiger partial charge in [0.05, 0.1) is 5.69 Å². The van der Waals surface area contributed by atoms with Crippen LogP contribution in [0.1, 0.15) is 42.3 Å². The lowest BCUT2D eigenvalue weighted by Crippen LogP contribution is -2.24. The van der Waals surface area contributed by atoms with Gasteiger partial charge in [0.1, 0.15) is 0 Å². The Kier molecular flexibility index (Phi) is 5.57. The fraction of sp³-hybridized carbons (Fsp3) is 0.500. The molecule has 1 heterocycles. The average molecular weight is 285 g/mol. The number of rotatable bonds is 7. The first-order valence-electron chi connectivity index (χ1n) is 7.93. The summed E-state index contributed by atoms with van der Waals surface area (Å²) in [5.74, 6) is 0.492. The van der Waals surface area contributed by atoms with Crippen LogP contribution >= 0.6 is 0 Å². The molecule has 3 nitrogen and oxygen atoms in total. The Hall–Kier alpha value is -1.61. The molecule has 1 N–H and O–H groups in total. The van der Waals surface area contributed by atoms with E-state index in [1.54, 1.807) is 0 Å². The van der Waals surface area contributed by atoms with Crippen LogP contribution in [0.15, 0.2) is 30.3 Å². The van der Waals surface area contributed by atoms with Crippen LogP contribution in [-0.2, 0) is 19.9 Å². The van der Waals surface area contributed by atoms with Gasteiger partial charge in [0.2, 0.25) is 0 Å². The van der Waals surface area contributed by atoms with Gasteiger partial charge in [-0.25, -0.2) is 0 Å². The topological polar surface area (TPSA) is 29.9 Å². The van der Waals surface area contributed by atoms with Crippen LogP contribution < -0.4 is 5.32 Å². The fourth-order valence-electron chi connectivity index (χ4n) is 2.84. The standard InChI is InChI=1S/C18H27N3/c1-5-16-12-17(21(4)20-16)11-15(13-19-6-2)18-10-8-7-9-14(18)3/h7-10,12,15,19H,5-6,11,13H2,1-4H3. The molecule has 1 aromatic carbocycles. The van der Waals surface area contributed by atoms with Crippen LogP contribution in [0.25, 0.3) is 0 Å². The van der Waals surface area contributed by atoms with Gasteiger partial charge in [-0.15, -0.1) is 0 Å². The molecule has 1 unspecified atom stereocenters. The predicted molar refractivity (Wildman–Crippen MR) is 88.8 cm³/mol. The summed E-state index contributed by atoms with van der Waals surface area (Å²) in [6.07, 6.45) is 2.03. The second-order valence-corrected chi connectivity index (χ2v) is 5.67. The van der Waals surface area contributed by atoms with Crippen molar-refractivity contribution in [3.05, 3.63) is 52.8 Å². The minimum Gasteiger partial charge on any atom is -0.316 e. The van der Waals surface area contributed by atoms with E-state index >= 15 is 0 Å². The molecule has 1 aromatic heterocycles. The molecule has 114 valence electrons. The normalized spacial score (nSPS) is 12.6. The van der Waals surface area contributed by atoms with Crippen molar-refractivity contribution >= 4 is 0 Å². The van der Waals surface area contributed by atoms with Crippen LogP contribution in [-0.4, -0.2) is 22.9 Å². The summed E-state index contributed by atoms with van der Waals surface area (Å²) in [5.41, 5.74) is 5.31. The van der Waals surface area contributed by atoms with Crippen LogP contribution in [0.2, 0.25) is 0 Å². The molecule has 0 saturated heterocycles. The molecule has 0 spiro atoms. The fourth-order valence-corrected chi connectivity index (χ4v) is 2.84. The number of nitrogens with one attached hydrogen (secondary N) is 1. The van der Waals surface area contributed by atoms with Gasteiger partial charge in [-0.3, -0.25) is 4.68 Å². The first kappa shape index (κ1) is 15.8. The highest BCUT2D eigenvalue weighted by Crippen LogP contribution is 2.23. The monoisotopic (exact) mass is 285 g/mol. The van der Waals surface area contributed by atoms with Gasteiger partial charge in [0.15, 0.2) is 0 Å². The zero-order chi connectivity index (χ0) is 15.2. The zero-order valence-corrected chi connectivity index (χ0v) is 13.7. The third kappa shape index (κ3) is 3.94. The smallest absolute Gasteiger partial charge is 0.0624 e. The largest absolute Gasteiger partial charge is 0.316 e. The molecule has 2 rings (SSSR count). The van der Waals surface area contributed by atoms with E-state index in [-0.39, 0.29) is 0 Å². The molecule has 0 amide bonds. The molecule has 0 saturated carbocycles. The molecular formula is C18H27N3. The van der Waals surface area contributed by atoms with E-state index in [0.29, 0.717) is 5.92 Å². The van der Waals surface area contributed by atoms with Gasteiger partial charge < -0.3 is 5.32 Å². The van der Waals surface area contributed by atoms with Crippen molar-refractivity contribution < 1.29 is 0 Å².